The Hall–Kier alpha value is -3.38. The second kappa shape index (κ2) is 8.97. The molecule has 0 radical (unpaired) electrons. The maximum absolute atomic E-state index is 12.2. The number of amides is 1. The Morgan fingerprint density at radius 2 is 1.57 bits per heavy atom. The Labute approximate surface area is 182 Å². The van der Waals surface area contributed by atoms with Crippen LogP contribution in [-0.2, 0) is 4.79 Å². The number of ether oxygens (including phenoxy) is 2. The van der Waals surface area contributed by atoms with Crippen LogP contribution in [0.5, 0.6) is 11.5 Å². The van der Waals surface area contributed by atoms with E-state index in [2.05, 4.69) is 26.5 Å². The van der Waals surface area contributed by atoms with Crippen LogP contribution in [0.2, 0.25) is 0 Å². The first-order valence-electron chi connectivity index (χ1n) is 9.35. The number of carbonyl (C=O) groups is 1. The van der Waals surface area contributed by atoms with Crippen molar-refractivity contribution in [2.24, 2.45) is 5.10 Å². The second-order valence-corrected chi connectivity index (χ2v) is 7.38. The number of carbonyl (C=O) groups excluding carboxylic acids is 1. The molecule has 1 N–H and O–H groups in total. The van der Waals surface area contributed by atoms with E-state index >= 15 is 0 Å². The first-order chi connectivity index (χ1) is 14.7. The van der Waals surface area contributed by atoms with Gasteiger partial charge in [-0.25, -0.2) is 5.43 Å². The van der Waals surface area contributed by atoms with E-state index in [4.69, 9.17) is 9.47 Å². The molecule has 6 heteroatoms. The highest BCUT2D eigenvalue weighted by molar-refractivity contribution is 9.10. The van der Waals surface area contributed by atoms with Crippen LogP contribution in [0.1, 0.15) is 5.56 Å². The summed E-state index contributed by atoms with van der Waals surface area (Å²) in [5.41, 5.74) is 3.31. The van der Waals surface area contributed by atoms with Gasteiger partial charge in [0, 0.05) is 5.56 Å². The number of rotatable bonds is 6. The van der Waals surface area contributed by atoms with Crippen molar-refractivity contribution in [3.63, 3.8) is 0 Å². The quantitative estimate of drug-likeness (QED) is 0.312. The number of methoxy groups -OCH3 is 1. The highest BCUT2D eigenvalue weighted by atomic mass is 79.9. The van der Waals surface area contributed by atoms with Crippen molar-refractivity contribution in [2.75, 3.05) is 13.7 Å². The SMILES string of the molecule is COc1ccc2ccccc2c1C=NNC(=O)COc1ccc2ccccc2c1Br. The van der Waals surface area contributed by atoms with Crippen LogP contribution in [0.4, 0.5) is 0 Å². The molecule has 0 unspecified atom stereocenters. The van der Waals surface area contributed by atoms with Gasteiger partial charge in [-0.1, -0.05) is 60.7 Å². The smallest absolute Gasteiger partial charge is 0.277 e. The number of benzene rings is 4. The van der Waals surface area contributed by atoms with Gasteiger partial charge < -0.3 is 9.47 Å². The lowest BCUT2D eigenvalue weighted by atomic mass is 10.0. The molecule has 0 aromatic heterocycles. The van der Waals surface area contributed by atoms with Gasteiger partial charge in [0.15, 0.2) is 6.61 Å². The molecule has 0 saturated carbocycles. The third-order valence-corrected chi connectivity index (χ3v) is 5.54. The summed E-state index contributed by atoms with van der Waals surface area (Å²) in [5.74, 6) is 0.928. The van der Waals surface area contributed by atoms with Crippen molar-refractivity contribution < 1.29 is 14.3 Å². The Balaban J connectivity index is 1.44. The zero-order valence-electron chi connectivity index (χ0n) is 16.3. The summed E-state index contributed by atoms with van der Waals surface area (Å²) < 4.78 is 11.9. The molecule has 0 heterocycles. The summed E-state index contributed by atoms with van der Waals surface area (Å²) in [6.45, 7) is -0.152. The number of nitrogens with zero attached hydrogens (tertiary/aromatic N) is 1. The van der Waals surface area contributed by atoms with Crippen molar-refractivity contribution in [3.8, 4) is 11.5 Å². The fourth-order valence-corrected chi connectivity index (χ4v) is 3.86. The van der Waals surface area contributed by atoms with Crippen LogP contribution in [0.15, 0.2) is 82.4 Å². The zero-order valence-corrected chi connectivity index (χ0v) is 17.8. The van der Waals surface area contributed by atoms with Crippen LogP contribution < -0.4 is 14.9 Å². The fraction of sp³-hybridized carbons (Fsp3) is 0.0833. The number of halogens is 1. The number of nitrogens with one attached hydrogen (secondary N) is 1. The second-order valence-electron chi connectivity index (χ2n) is 6.58. The van der Waals surface area contributed by atoms with Gasteiger partial charge in [0.05, 0.1) is 17.8 Å². The van der Waals surface area contributed by atoms with Gasteiger partial charge in [-0.2, -0.15) is 5.10 Å². The number of fused-ring (bicyclic) bond motifs is 2. The molecule has 0 aliphatic carbocycles. The van der Waals surface area contributed by atoms with Gasteiger partial charge in [-0.3, -0.25) is 4.79 Å². The fourth-order valence-electron chi connectivity index (χ4n) is 3.26. The summed E-state index contributed by atoms with van der Waals surface area (Å²) in [4.78, 5) is 12.2. The van der Waals surface area contributed by atoms with Crippen LogP contribution in [0, 0.1) is 0 Å². The average molecular weight is 463 g/mol. The van der Waals surface area contributed by atoms with Gasteiger partial charge in [0.25, 0.3) is 5.91 Å². The predicted molar refractivity (Wildman–Crippen MR) is 123 cm³/mol. The molecule has 4 aromatic rings. The molecule has 150 valence electrons. The third kappa shape index (κ3) is 4.14. The molecule has 0 fully saturated rings. The molecule has 0 bridgehead atoms. The van der Waals surface area contributed by atoms with Crippen molar-refractivity contribution in [1.29, 1.82) is 0 Å². The van der Waals surface area contributed by atoms with Crippen molar-refractivity contribution in [1.82, 2.24) is 5.43 Å². The Morgan fingerprint density at radius 1 is 0.933 bits per heavy atom. The van der Waals surface area contributed by atoms with E-state index in [1.165, 1.54) is 0 Å². The molecule has 0 atom stereocenters. The molecule has 30 heavy (non-hydrogen) atoms. The highest BCUT2D eigenvalue weighted by Crippen LogP contribution is 2.33. The highest BCUT2D eigenvalue weighted by Gasteiger charge is 2.09. The molecule has 4 aromatic carbocycles. The lowest BCUT2D eigenvalue weighted by molar-refractivity contribution is -0.123. The zero-order chi connectivity index (χ0) is 20.9. The Kier molecular flexibility index (Phi) is 5.95. The normalized spacial score (nSPS) is 11.1. The summed E-state index contributed by atoms with van der Waals surface area (Å²) in [6.07, 6.45) is 1.59. The van der Waals surface area contributed by atoms with E-state index in [9.17, 15) is 4.79 Å². The van der Waals surface area contributed by atoms with Gasteiger partial charge in [0.1, 0.15) is 11.5 Å². The minimum absolute atomic E-state index is 0.152. The van der Waals surface area contributed by atoms with Gasteiger partial charge >= 0.3 is 0 Å². The molecule has 0 spiro atoms. The van der Waals surface area contributed by atoms with E-state index in [1.807, 2.05) is 72.8 Å². The maximum Gasteiger partial charge on any atom is 0.277 e. The lowest BCUT2D eigenvalue weighted by Crippen LogP contribution is -2.24. The van der Waals surface area contributed by atoms with E-state index in [1.54, 1.807) is 13.3 Å². The third-order valence-electron chi connectivity index (χ3n) is 4.72. The molecular weight excluding hydrogens is 444 g/mol. The van der Waals surface area contributed by atoms with E-state index in [0.29, 0.717) is 11.5 Å². The maximum atomic E-state index is 12.2. The molecule has 1 amide bonds. The van der Waals surface area contributed by atoms with E-state index in [-0.39, 0.29) is 12.5 Å². The minimum atomic E-state index is -0.356. The number of hydrogen-bond donors (Lipinski definition) is 1. The predicted octanol–water partition coefficient (Wildman–Crippen LogP) is 5.29. The van der Waals surface area contributed by atoms with Crippen LogP contribution in [0.3, 0.4) is 0 Å². The molecule has 0 aliphatic rings. The van der Waals surface area contributed by atoms with Crippen molar-refractivity contribution in [2.45, 2.75) is 0 Å². The van der Waals surface area contributed by atoms with E-state index in [0.717, 1.165) is 31.6 Å². The summed E-state index contributed by atoms with van der Waals surface area (Å²) in [6, 6.07) is 23.5. The molecule has 0 saturated heterocycles. The summed E-state index contributed by atoms with van der Waals surface area (Å²) >= 11 is 3.55. The van der Waals surface area contributed by atoms with Crippen molar-refractivity contribution >= 4 is 49.6 Å². The number of hydrazone groups is 1. The Morgan fingerprint density at radius 3 is 2.30 bits per heavy atom. The first-order valence-corrected chi connectivity index (χ1v) is 10.1. The summed E-state index contributed by atoms with van der Waals surface area (Å²) in [7, 11) is 1.61. The van der Waals surface area contributed by atoms with Crippen LogP contribution in [0.25, 0.3) is 21.5 Å². The van der Waals surface area contributed by atoms with Gasteiger partial charge in [0.2, 0.25) is 0 Å². The van der Waals surface area contributed by atoms with Gasteiger partial charge in [-0.05, 0) is 49.6 Å². The molecule has 4 rings (SSSR count). The van der Waals surface area contributed by atoms with Crippen LogP contribution >= 0.6 is 15.9 Å². The molecular formula is C24H19BrN2O3. The first kappa shape index (κ1) is 19.9. The molecule has 5 nitrogen and oxygen atoms in total. The topological polar surface area (TPSA) is 59.9 Å². The van der Waals surface area contributed by atoms with Crippen LogP contribution in [-0.4, -0.2) is 25.8 Å². The lowest BCUT2D eigenvalue weighted by Gasteiger charge is -2.10. The number of hydrogen-bond acceptors (Lipinski definition) is 4. The summed E-state index contributed by atoms with van der Waals surface area (Å²) in [5, 5.41) is 8.26. The largest absolute Gasteiger partial charge is 0.496 e. The standard InChI is InChI=1S/C24H19BrN2O3/c1-29-21-12-10-16-6-2-4-8-18(16)20(21)14-26-27-23(28)15-30-22-13-11-17-7-3-5-9-19(17)24(22)25/h2-14H,15H2,1H3,(H,27,28). The minimum Gasteiger partial charge on any atom is -0.496 e. The monoisotopic (exact) mass is 462 g/mol. The van der Waals surface area contributed by atoms with Gasteiger partial charge in [-0.15, -0.1) is 0 Å². The van der Waals surface area contributed by atoms with E-state index < -0.39 is 0 Å². The Bertz CT molecular complexity index is 1250. The average Bonchev–Trinajstić information content (AvgIpc) is 2.79. The molecule has 0 aliphatic heterocycles. The van der Waals surface area contributed by atoms with Crippen molar-refractivity contribution in [3.05, 3.63) is 82.8 Å².